The van der Waals surface area contributed by atoms with Crippen LogP contribution in [0.25, 0.3) is 0 Å². The third kappa shape index (κ3) is 2.12. The van der Waals surface area contributed by atoms with E-state index >= 15 is 0 Å². The summed E-state index contributed by atoms with van der Waals surface area (Å²) < 4.78 is 1.18. The zero-order valence-corrected chi connectivity index (χ0v) is 10.5. The van der Waals surface area contributed by atoms with Gasteiger partial charge in [0, 0.05) is 6.54 Å². The molecular weight excluding hydrogens is 260 g/mol. The predicted octanol–water partition coefficient (Wildman–Crippen LogP) is 3.05. The Morgan fingerprint density at radius 1 is 1.50 bits per heavy atom. The average molecular weight is 275 g/mol. The Balaban J connectivity index is 1.87. The summed E-state index contributed by atoms with van der Waals surface area (Å²) in [5.74, 6) is 0. The quantitative estimate of drug-likeness (QED) is 0.886. The van der Waals surface area contributed by atoms with Crippen LogP contribution < -0.4 is 11.1 Å². The van der Waals surface area contributed by atoms with Crippen LogP contribution in [0.1, 0.15) is 19.3 Å². The number of rotatable bonds is 4. The summed E-state index contributed by atoms with van der Waals surface area (Å²) in [6.07, 6.45) is 3.90. The van der Waals surface area contributed by atoms with Gasteiger partial charge in [0.1, 0.15) is 0 Å². The predicted molar refractivity (Wildman–Crippen MR) is 65.8 cm³/mol. The fourth-order valence-electron chi connectivity index (χ4n) is 1.81. The number of hydrogen-bond acceptors (Lipinski definition) is 3. The highest BCUT2D eigenvalue weighted by Crippen LogP contribution is 2.40. The van der Waals surface area contributed by atoms with E-state index in [-0.39, 0.29) is 0 Å². The highest BCUT2D eigenvalue weighted by Gasteiger charge is 2.35. The first-order valence-corrected chi connectivity index (χ1v) is 6.54. The molecule has 1 aromatic heterocycles. The summed E-state index contributed by atoms with van der Waals surface area (Å²) in [4.78, 5) is 0. The van der Waals surface area contributed by atoms with Crippen LogP contribution in [0.15, 0.2) is 15.9 Å². The fourth-order valence-corrected chi connectivity index (χ4v) is 3.10. The Hall–Kier alpha value is -0.0600. The summed E-state index contributed by atoms with van der Waals surface area (Å²) in [6.45, 7) is 1.84. The second kappa shape index (κ2) is 4.21. The minimum absolute atomic E-state index is 0.385. The van der Waals surface area contributed by atoms with Crippen LogP contribution in [0.4, 0.5) is 5.00 Å². The molecule has 4 heteroatoms. The Labute approximate surface area is 97.0 Å². The molecule has 0 amide bonds. The van der Waals surface area contributed by atoms with Gasteiger partial charge in [0.15, 0.2) is 0 Å². The lowest BCUT2D eigenvalue weighted by atomic mass is 9.69. The second-order valence-corrected chi connectivity index (χ2v) is 6.48. The third-order valence-electron chi connectivity index (χ3n) is 3.06. The van der Waals surface area contributed by atoms with Gasteiger partial charge in [0.05, 0.1) is 8.79 Å². The highest BCUT2D eigenvalue weighted by atomic mass is 79.9. The molecule has 0 bridgehead atoms. The van der Waals surface area contributed by atoms with E-state index in [0.717, 1.165) is 13.1 Å². The standard InChI is InChI=1S/C10H15BrN2S/c11-8-2-3-9(14-8)13-7-10(6-12)4-1-5-10/h2-3,13H,1,4-7,12H2. The van der Waals surface area contributed by atoms with Crippen LogP contribution in [0.5, 0.6) is 0 Å². The van der Waals surface area contributed by atoms with Crippen LogP contribution >= 0.6 is 27.3 Å². The van der Waals surface area contributed by atoms with E-state index in [1.54, 1.807) is 11.3 Å². The maximum atomic E-state index is 5.79. The van der Waals surface area contributed by atoms with Crippen molar-refractivity contribution in [2.24, 2.45) is 11.1 Å². The van der Waals surface area contributed by atoms with Crippen molar-refractivity contribution in [3.8, 4) is 0 Å². The third-order valence-corrected chi connectivity index (χ3v) is 4.64. The topological polar surface area (TPSA) is 38.0 Å². The summed E-state index contributed by atoms with van der Waals surface area (Å²) >= 11 is 5.19. The number of hydrogen-bond donors (Lipinski definition) is 2. The van der Waals surface area contributed by atoms with E-state index in [1.165, 1.54) is 28.0 Å². The second-order valence-electron chi connectivity index (χ2n) is 4.01. The van der Waals surface area contributed by atoms with Crippen molar-refractivity contribution in [3.05, 3.63) is 15.9 Å². The molecule has 0 spiro atoms. The van der Waals surface area contributed by atoms with Crippen molar-refractivity contribution in [1.82, 2.24) is 0 Å². The van der Waals surface area contributed by atoms with Gasteiger partial charge < -0.3 is 11.1 Å². The van der Waals surface area contributed by atoms with E-state index in [4.69, 9.17) is 5.73 Å². The molecule has 14 heavy (non-hydrogen) atoms. The molecule has 0 aromatic carbocycles. The summed E-state index contributed by atoms with van der Waals surface area (Å²) in [5, 5.41) is 4.70. The van der Waals surface area contributed by atoms with E-state index in [2.05, 4.69) is 33.4 Å². The maximum Gasteiger partial charge on any atom is 0.0894 e. The molecule has 1 aromatic rings. The molecule has 2 nitrogen and oxygen atoms in total. The number of anilines is 1. The van der Waals surface area contributed by atoms with Gasteiger partial charge in [-0.3, -0.25) is 0 Å². The molecule has 0 saturated heterocycles. The Bertz CT molecular complexity index is 301. The minimum Gasteiger partial charge on any atom is -0.376 e. The lowest BCUT2D eigenvalue weighted by Gasteiger charge is -2.41. The molecule has 0 aliphatic heterocycles. The van der Waals surface area contributed by atoms with E-state index < -0.39 is 0 Å². The smallest absolute Gasteiger partial charge is 0.0894 e. The Morgan fingerprint density at radius 2 is 2.29 bits per heavy atom. The van der Waals surface area contributed by atoms with Crippen LogP contribution in [0.3, 0.4) is 0 Å². The van der Waals surface area contributed by atoms with Gasteiger partial charge in [-0.1, -0.05) is 6.42 Å². The van der Waals surface area contributed by atoms with E-state index in [1.807, 2.05) is 0 Å². The van der Waals surface area contributed by atoms with Crippen molar-refractivity contribution in [1.29, 1.82) is 0 Å². The summed E-state index contributed by atoms with van der Waals surface area (Å²) in [6, 6.07) is 4.18. The number of nitrogens with one attached hydrogen (secondary N) is 1. The van der Waals surface area contributed by atoms with Crippen LogP contribution in [-0.2, 0) is 0 Å². The largest absolute Gasteiger partial charge is 0.376 e. The maximum absolute atomic E-state index is 5.79. The van der Waals surface area contributed by atoms with Crippen molar-refractivity contribution >= 4 is 32.3 Å². The number of thiophene rings is 1. The lowest BCUT2D eigenvalue weighted by molar-refractivity contribution is 0.163. The van der Waals surface area contributed by atoms with Gasteiger partial charge in [0.2, 0.25) is 0 Å². The van der Waals surface area contributed by atoms with Crippen molar-refractivity contribution in [2.75, 3.05) is 18.4 Å². The molecule has 1 heterocycles. The van der Waals surface area contributed by atoms with Crippen molar-refractivity contribution < 1.29 is 0 Å². The molecule has 1 saturated carbocycles. The number of halogens is 1. The van der Waals surface area contributed by atoms with Gasteiger partial charge in [-0.2, -0.15) is 0 Å². The zero-order chi connectivity index (χ0) is 10.0. The van der Waals surface area contributed by atoms with Crippen molar-refractivity contribution in [2.45, 2.75) is 19.3 Å². The summed E-state index contributed by atoms with van der Waals surface area (Å²) in [5.41, 5.74) is 6.18. The van der Waals surface area contributed by atoms with Gasteiger partial charge in [-0.25, -0.2) is 0 Å². The Kier molecular flexibility index (Phi) is 3.14. The van der Waals surface area contributed by atoms with Gasteiger partial charge in [-0.05, 0) is 52.9 Å². The molecule has 2 rings (SSSR count). The lowest BCUT2D eigenvalue weighted by Crippen LogP contribution is -2.42. The van der Waals surface area contributed by atoms with E-state index in [9.17, 15) is 0 Å². The van der Waals surface area contributed by atoms with Crippen LogP contribution in [-0.4, -0.2) is 13.1 Å². The monoisotopic (exact) mass is 274 g/mol. The first-order chi connectivity index (χ1) is 6.74. The molecule has 78 valence electrons. The molecule has 3 N–H and O–H groups in total. The molecule has 0 atom stereocenters. The molecule has 1 aliphatic rings. The van der Waals surface area contributed by atoms with Gasteiger partial charge >= 0.3 is 0 Å². The first kappa shape index (κ1) is 10.5. The van der Waals surface area contributed by atoms with Crippen molar-refractivity contribution in [3.63, 3.8) is 0 Å². The normalized spacial score (nSPS) is 19.0. The van der Waals surface area contributed by atoms with Crippen LogP contribution in [0, 0.1) is 5.41 Å². The first-order valence-electron chi connectivity index (χ1n) is 4.93. The fraction of sp³-hybridized carbons (Fsp3) is 0.600. The molecule has 0 unspecified atom stereocenters. The minimum atomic E-state index is 0.385. The molecular formula is C10H15BrN2S. The van der Waals surface area contributed by atoms with Gasteiger partial charge in [0.25, 0.3) is 0 Å². The van der Waals surface area contributed by atoms with Gasteiger partial charge in [-0.15, -0.1) is 11.3 Å². The highest BCUT2D eigenvalue weighted by molar-refractivity contribution is 9.11. The molecule has 1 fully saturated rings. The molecule has 0 radical (unpaired) electrons. The SMILES string of the molecule is NCC1(CNc2ccc(Br)s2)CCC1. The number of nitrogens with two attached hydrogens (primary N) is 1. The molecule has 1 aliphatic carbocycles. The zero-order valence-electron chi connectivity index (χ0n) is 8.05. The Morgan fingerprint density at radius 3 is 2.71 bits per heavy atom. The van der Waals surface area contributed by atoms with Crippen LogP contribution in [0.2, 0.25) is 0 Å². The summed E-state index contributed by atoms with van der Waals surface area (Å²) in [7, 11) is 0. The van der Waals surface area contributed by atoms with E-state index in [0.29, 0.717) is 5.41 Å². The average Bonchev–Trinajstić information content (AvgIpc) is 2.50.